The highest BCUT2D eigenvalue weighted by molar-refractivity contribution is 5.85. The first-order valence-electron chi connectivity index (χ1n) is 17.7. The summed E-state index contributed by atoms with van der Waals surface area (Å²) >= 11 is 0. The van der Waals surface area contributed by atoms with Crippen LogP contribution in [0.1, 0.15) is 68.7 Å². The first-order chi connectivity index (χ1) is 26.0. The van der Waals surface area contributed by atoms with Crippen molar-refractivity contribution in [2.24, 2.45) is 0 Å². The molecule has 0 aliphatic carbocycles. The van der Waals surface area contributed by atoms with Crippen molar-refractivity contribution in [3.05, 3.63) is 119 Å². The molecule has 56 heavy (non-hydrogen) atoms. The minimum Gasteiger partial charge on any atom is -0.444 e. The molecule has 8 nitrogen and oxygen atoms in total. The van der Waals surface area contributed by atoms with Crippen molar-refractivity contribution in [3.63, 3.8) is 0 Å². The molecule has 1 N–H and O–H groups in total. The number of alkyl halides is 6. The smallest absolute Gasteiger partial charge is 0.417 e. The summed E-state index contributed by atoms with van der Waals surface area (Å²) in [5.41, 5.74) is 2.36. The molecule has 0 spiro atoms. The first-order valence-corrected chi connectivity index (χ1v) is 17.7. The minimum atomic E-state index is -4.43. The number of carbonyl (C=O) groups is 1. The zero-order valence-electron chi connectivity index (χ0n) is 31.0. The van der Waals surface area contributed by atoms with Gasteiger partial charge in [-0.3, -0.25) is 0 Å². The van der Waals surface area contributed by atoms with Gasteiger partial charge in [-0.05, 0) is 107 Å². The van der Waals surface area contributed by atoms with Crippen molar-refractivity contribution in [2.75, 3.05) is 26.2 Å². The topological polar surface area (TPSA) is 85.8 Å². The Morgan fingerprint density at radius 2 is 1.12 bits per heavy atom. The Labute approximate surface area is 328 Å². The van der Waals surface area contributed by atoms with Gasteiger partial charge in [-0.25, -0.2) is 14.8 Å². The van der Waals surface area contributed by atoms with E-state index in [9.17, 15) is 31.1 Å². The number of nitrogens with one attached hydrogen (secondary N) is 1. The third-order valence-corrected chi connectivity index (χ3v) is 8.33. The predicted molar refractivity (Wildman–Crippen MR) is 204 cm³/mol. The van der Waals surface area contributed by atoms with Gasteiger partial charge in [-0.1, -0.05) is 47.6 Å². The van der Waals surface area contributed by atoms with Crippen LogP contribution in [0.15, 0.2) is 96.3 Å². The van der Waals surface area contributed by atoms with Crippen LogP contribution in [0.4, 0.5) is 31.1 Å². The number of carbonyl (C=O) groups excluding carboxylic acids is 1. The molecule has 0 unspecified atom stereocenters. The normalized spacial score (nSPS) is 14.8. The van der Waals surface area contributed by atoms with E-state index in [0.717, 1.165) is 74.4 Å². The predicted octanol–water partition coefficient (Wildman–Crippen LogP) is 11.4. The summed E-state index contributed by atoms with van der Waals surface area (Å²) in [4.78, 5) is 21.3. The summed E-state index contributed by atoms with van der Waals surface area (Å²) in [6.07, 6.45) is 0.0879. The molecule has 4 aromatic rings. The lowest BCUT2D eigenvalue weighted by Crippen LogP contribution is -2.40. The molecule has 6 rings (SSSR count). The highest BCUT2D eigenvalue weighted by atomic mass is 35.5. The van der Waals surface area contributed by atoms with E-state index in [-0.39, 0.29) is 30.3 Å². The van der Waals surface area contributed by atoms with Crippen LogP contribution < -0.4 is 14.8 Å². The zero-order valence-corrected chi connectivity index (χ0v) is 31.9. The molecular formula is C41H43ClF6N4O4. The number of benzene rings is 2. The fraction of sp³-hybridized carbons (Fsp3) is 0.341. The Balaban J connectivity index is 0.000000252. The van der Waals surface area contributed by atoms with Gasteiger partial charge in [-0.2, -0.15) is 26.3 Å². The van der Waals surface area contributed by atoms with E-state index in [0.29, 0.717) is 24.6 Å². The molecule has 2 fully saturated rings. The molecule has 0 saturated carbocycles. The summed E-state index contributed by atoms with van der Waals surface area (Å²) in [6.45, 7) is 8.67. The molecule has 2 aromatic heterocycles. The van der Waals surface area contributed by atoms with E-state index in [1.807, 2.05) is 57.2 Å². The summed E-state index contributed by atoms with van der Waals surface area (Å²) in [7, 11) is 0. The van der Waals surface area contributed by atoms with Crippen LogP contribution >= 0.6 is 12.4 Å². The molecule has 2 aliphatic heterocycles. The van der Waals surface area contributed by atoms with Gasteiger partial charge < -0.3 is 24.4 Å². The van der Waals surface area contributed by atoms with E-state index < -0.39 is 29.1 Å². The van der Waals surface area contributed by atoms with E-state index in [1.165, 1.54) is 23.3 Å². The lowest BCUT2D eigenvalue weighted by molar-refractivity contribution is -0.138. The van der Waals surface area contributed by atoms with Crippen LogP contribution in [0, 0.1) is 0 Å². The van der Waals surface area contributed by atoms with Crippen molar-refractivity contribution >= 4 is 30.7 Å². The first kappa shape index (κ1) is 43.6. The Kier molecular flexibility index (Phi) is 14.9. The monoisotopic (exact) mass is 804 g/mol. The lowest BCUT2D eigenvalue weighted by Gasteiger charge is -2.31. The van der Waals surface area contributed by atoms with Crippen molar-refractivity contribution in [1.29, 1.82) is 0 Å². The number of likely N-dealkylation sites (tertiary alicyclic amines) is 1. The average Bonchev–Trinajstić information content (AvgIpc) is 3.12. The Hall–Kier alpha value is -5.08. The van der Waals surface area contributed by atoms with Gasteiger partial charge in [-0.15, -0.1) is 12.4 Å². The maximum atomic E-state index is 12.6. The largest absolute Gasteiger partial charge is 0.444 e. The average molecular weight is 805 g/mol. The molecule has 15 heteroatoms. The number of piperidine rings is 2. The number of aromatic nitrogens is 2. The summed E-state index contributed by atoms with van der Waals surface area (Å²) in [5, 5.41) is 3.31. The molecule has 0 radical (unpaired) electrons. The van der Waals surface area contributed by atoms with Crippen molar-refractivity contribution in [3.8, 4) is 23.3 Å². The quantitative estimate of drug-likeness (QED) is 0.194. The van der Waals surface area contributed by atoms with Gasteiger partial charge in [0, 0.05) is 37.6 Å². The zero-order chi connectivity index (χ0) is 39.6. The van der Waals surface area contributed by atoms with Crippen LogP contribution in [-0.4, -0.2) is 52.7 Å². The minimum absolute atomic E-state index is 0. The maximum Gasteiger partial charge on any atom is 0.417 e. The van der Waals surface area contributed by atoms with Gasteiger partial charge in [0.05, 0.1) is 11.1 Å². The number of nitrogens with zero attached hydrogens (tertiary/aromatic N) is 3. The molecule has 300 valence electrons. The van der Waals surface area contributed by atoms with Gasteiger partial charge >= 0.3 is 18.4 Å². The highest BCUT2D eigenvalue weighted by Crippen LogP contribution is 2.32. The van der Waals surface area contributed by atoms with Gasteiger partial charge in [0.1, 0.15) is 17.1 Å². The number of ether oxygens (including phenoxy) is 3. The van der Waals surface area contributed by atoms with Crippen molar-refractivity contribution < 1.29 is 45.3 Å². The van der Waals surface area contributed by atoms with E-state index in [2.05, 4.69) is 21.4 Å². The highest BCUT2D eigenvalue weighted by Gasteiger charge is 2.31. The fourth-order valence-electron chi connectivity index (χ4n) is 5.60. The van der Waals surface area contributed by atoms with Gasteiger partial charge in [0.15, 0.2) is 0 Å². The molecular weight excluding hydrogens is 762 g/mol. The SMILES string of the molecule is CC(C)(C)OC(=O)N1CCC(=Cc2cccc(Oc3ccc(C(F)(F)F)cn3)c2)CC1.Cl.FC(F)(F)c1ccc(Oc2cccc(C=C3CCNCC3)c2)nc1. The molecule has 0 atom stereocenters. The fourth-order valence-corrected chi connectivity index (χ4v) is 5.60. The van der Waals surface area contributed by atoms with Crippen molar-refractivity contribution in [1.82, 2.24) is 20.2 Å². The summed E-state index contributed by atoms with van der Waals surface area (Å²) in [5.74, 6) is 1.25. The molecule has 2 saturated heterocycles. The Morgan fingerprint density at radius 3 is 1.52 bits per heavy atom. The molecule has 2 aliphatic rings. The second kappa shape index (κ2) is 19.2. The van der Waals surface area contributed by atoms with Crippen molar-refractivity contribution in [2.45, 2.75) is 64.4 Å². The van der Waals surface area contributed by atoms with E-state index in [4.69, 9.17) is 14.2 Å². The van der Waals surface area contributed by atoms with Gasteiger partial charge in [0.25, 0.3) is 0 Å². The number of pyridine rings is 2. The summed E-state index contributed by atoms with van der Waals surface area (Å²) < 4.78 is 92.1. The molecule has 2 aromatic carbocycles. The van der Waals surface area contributed by atoms with Gasteiger partial charge in [0.2, 0.25) is 11.8 Å². The molecule has 4 heterocycles. The number of rotatable bonds is 6. The van der Waals surface area contributed by atoms with Crippen LogP contribution in [0.3, 0.4) is 0 Å². The number of amides is 1. The lowest BCUT2D eigenvalue weighted by atomic mass is 10.0. The molecule has 0 bridgehead atoms. The third kappa shape index (κ3) is 13.9. The number of hydrogen-bond acceptors (Lipinski definition) is 7. The van der Waals surface area contributed by atoms with Crippen LogP contribution in [0.25, 0.3) is 12.2 Å². The van der Waals surface area contributed by atoms with Crippen LogP contribution in [0.2, 0.25) is 0 Å². The maximum absolute atomic E-state index is 12.6. The second-order valence-corrected chi connectivity index (χ2v) is 13.9. The number of hydrogen-bond donors (Lipinski definition) is 1. The van der Waals surface area contributed by atoms with Crippen LogP contribution in [0.5, 0.6) is 23.3 Å². The Morgan fingerprint density at radius 1 is 0.679 bits per heavy atom. The van der Waals surface area contributed by atoms with E-state index >= 15 is 0 Å². The van der Waals surface area contributed by atoms with E-state index in [1.54, 1.807) is 23.1 Å². The third-order valence-electron chi connectivity index (χ3n) is 8.33. The van der Waals surface area contributed by atoms with Crippen LogP contribution in [-0.2, 0) is 17.1 Å². The second-order valence-electron chi connectivity index (χ2n) is 13.9. The molecule has 1 amide bonds. The Bertz CT molecular complexity index is 1940. The standard InChI is InChI=1S/C23H25F3N2O3.C18H17F3N2O.ClH/c1-22(2,3)31-21(29)28-11-9-16(10-12-28)13-17-5-4-6-19(14-17)30-20-8-7-18(15-27-20)23(24,25)26;19-18(20,21)15-4-5-17(23-12-15)24-16-3-1-2-14(11-16)10-13-6-8-22-9-7-13;/h4-8,13-15H,9-12H2,1-3H3;1-5,10-12,22H,6-9H2;1H. The summed E-state index contributed by atoms with van der Waals surface area (Å²) in [6, 6.07) is 19.0. The number of halogens is 7.